The summed E-state index contributed by atoms with van der Waals surface area (Å²) in [6.45, 7) is 0. The molecule has 0 atom stereocenters. The number of ether oxygens (including phenoxy) is 1. The highest BCUT2D eigenvalue weighted by atomic mass is 79.9. The van der Waals surface area contributed by atoms with Crippen LogP contribution in [0.3, 0.4) is 0 Å². The fourth-order valence-corrected chi connectivity index (χ4v) is 2.69. The van der Waals surface area contributed by atoms with Crippen molar-refractivity contribution in [3.05, 3.63) is 50.0 Å². The van der Waals surface area contributed by atoms with Crippen LogP contribution in [-0.2, 0) is 6.18 Å². The minimum absolute atomic E-state index is 0.229. The highest BCUT2D eigenvalue weighted by molar-refractivity contribution is 9.11. The highest BCUT2D eigenvalue weighted by Gasteiger charge is 2.32. The van der Waals surface area contributed by atoms with Crippen molar-refractivity contribution >= 4 is 43.5 Å². The molecule has 0 saturated carbocycles. The van der Waals surface area contributed by atoms with Crippen LogP contribution in [0, 0.1) is 0 Å². The van der Waals surface area contributed by atoms with E-state index in [1.165, 1.54) is 0 Å². The zero-order valence-electron chi connectivity index (χ0n) is 9.51. The normalized spacial score (nSPS) is 11.5. The Hall–Kier alpha value is -0.790. The Balaban J connectivity index is 2.36. The van der Waals surface area contributed by atoms with Gasteiger partial charge in [0.05, 0.1) is 10.0 Å². The first-order valence-electron chi connectivity index (χ1n) is 5.13. The van der Waals surface area contributed by atoms with E-state index in [1.807, 2.05) is 0 Å². The van der Waals surface area contributed by atoms with Crippen molar-refractivity contribution < 1.29 is 17.9 Å². The van der Waals surface area contributed by atoms with Crippen LogP contribution in [0.15, 0.2) is 39.3 Å². The molecule has 20 heavy (non-hydrogen) atoms. The topological polar surface area (TPSA) is 22.1 Å². The van der Waals surface area contributed by atoms with Crippen LogP contribution in [0.5, 0.6) is 11.6 Å². The molecule has 0 amide bonds. The summed E-state index contributed by atoms with van der Waals surface area (Å²) < 4.78 is 44.7. The number of nitrogens with zero attached hydrogens (tertiary/aromatic N) is 1. The zero-order valence-corrected chi connectivity index (χ0v) is 13.4. The number of alkyl halides is 3. The van der Waals surface area contributed by atoms with Crippen LogP contribution < -0.4 is 4.74 Å². The summed E-state index contributed by atoms with van der Waals surface area (Å²) in [5.41, 5.74) is -0.916. The van der Waals surface area contributed by atoms with E-state index in [2.05, 4.69) is 36.8 Å². The van der Waals surface area contributed by atoms with E-state index in [0.717, 1.165) is 16.6 Å². The molecule has 2 rings (SSSR count). The maximum absolute atomic E-state index is 12.7. The average molecular weight is 431 g/mol. The van der Waals surface area contributed by atoms with Crippen molar-refractivity contribution in [1.82, 2.24) is 4.98 Å². The molecule has 0 aliphatic rings. The lowest BCUT2D eigenvalue weighted by Crippen LogP contribution is -2.05. The number of rotatable bonds is 2. The summed E-state index contributed by atoms with van der Waals surface area (Å²) in [5, 5.41) is -0.289. The van der Waals surface area contributed by atoms with Crippen LogP contribution in [0.25, 0.3) is 0 Å². The fourth-order valence-electron chi connectivity index (χ4n) is 1.36. The second-order valence-corrected chi connectivity index (χ2v) is 5.85. The quantitative estimate of drug-likeness (QED) is 0.539. The van der Waals surface area contributed by atoms with Gasteiger partial charge in [-0.15, -0.1) is 0 Å². The molecule has 2 aromatic rings. The first-order valence-corrected chi connectivity index (χ1v) is 7.10. The summed E-state index contributed by atoms with van der Waals surface area (Å²) >= 11 is 12.1. The van der Waals surface area contributed by atoms with Gasteiger partial charge in [-0.2, -0.15) is 13.2 Å². The Labute approximate surface area is 134 Å². The van der Waals surface area contributed by atoms with Crippen LogP contribution in [0.2, 0.25) is 5.15 Å². The molecule has 0 N–H and O–H groups in total. The molecule has 1 aromatic heterocycles. The molecule has 0 bridgehead atoms. The van der Waals surface area contributed by atoms with E-state index in [1.54, 1.807) is 18.2 Å². The van der Waals surface area contributed by atoms with Crippen molar-refractivity contribution in [2.24, 2.45) is 0 Å². The lowest BCUT2D eigenvalue weighted by atomic mass is 10.2. The zero-order chi connectivity index (χ0) is 14.9. The van der Waals surface area contributed by atoms with Crippen molar-refractivity contribution in [3.8, 4) is 11.6 Å². The van der Waals surface area contributed by atoms with Gasteiger partial charge in [0.2, 0.25) is 5.88 Å². The third-order valence-electron chi connectivity index (χ3n) is 2.21. The Kier molecular flexibility index (Phi) is 4.61. The summed E-state index contributed by atoms with van der Waals surface area (Å²) in [6.07, 6.45) is -4.51. The number of benzene rings is 1. The molecule has 0 spiro atoms. The van der Waals surface area contributed by atoms with Crippen LogP contribution in [0.4, 0.5) is 13.2 Å². The Morgan fingerprint density at radius 3 is 2.40 bits per heavy atom. The minimum Gasteiger partial charge on any atom is -0.438 e. The van der Waals surface area contributed by atoms with E-state index < -0.39 is 11.7 Å². The van der Waals surface area contributed by atoms with Crippen LogP contribution in [0.1, 0.15) is 5.56 Å². The summed E-state index contributed by atoms with van der Waals surface area (Å²) in [5.74, 6) is 0.101. The van der Waals surface area contributed by atoms with Gasteiger partial charge in [0.1, 0.15) is 10.9 Å². The molecule has 0 unspecified atom stereocenters. The number of aromatic nitrogens is 1. The van der Waals surface area contributed by atoms with Gasteiger partial charge in [-0.05, 0) is 40.2 Å². The molecule has 0 fully saturated rings. The van der Waals surface area contributed by atoms with Crippen molar-refractivity contribution in [2.45, 2.75) is 6.18 Å². The first-order chi connectivity index (χ1) is 9.25. The molecule has 1 aromatic carbocycles. The molecule has 1 heterocycles. The summed E-state index contributed by atoms with van der Waals surface area (Å²) in [6, 6.07) is 6.51. The lowest BCUT2D eigenvalue weighted by molar-refractivity contribution is -0.137. The SMILES string of the molecule is FC(F)(F)c1cc(Cl)nc(Oc2ccc(Br)cc2Br)c1. The first kappa shape index (κ1) is 15.6. The van der Waals surface area contributed by atoms with Crippen LogP contribution >= 0.6 is 43.5 Å². The van der Waals surface area contributed by atoms with Gasteiger partial charge in [-0.1, -0.05) is 27.5 Å². The van der Waals surface area contributed by atoms with Gasteiger partial charge in [0.25, 0.3) is 0 Å². The summed E-state index contributed by atoms with van der Waals surface area (Å²) in [7, 11) is 0. The third kappa shape index (κ3) is 3.86. The standard InChI is InChI=1S/C12H5Br2ClF3NO/c13-7-1-2-9(8(14)5-7)20-11-4-6(12(16,17)18)3-10(15)19-11/h1-5H. The molecular weight excluding hydrogens is 426 g/mol. The third-order valence-corrected chi connectivity index (χ3v) is 3.51. The van der Waals surface area contributed by atoms with Crippen LogP contribution in [-0.4, -0.2) is 4.98 Å². The molecule has 0 aliphatic heterocycles. The van der Waals surface area contributed by atoms with Gasteiger partial charge < -0.3 is 4.74 Å². The fraction of sp³-hybridized carbons (Fsp3) is 0.0833. The molecule has 0 saturated heterocycles. The lowest BCUT2D eigenvalue weighted by Gasteiger charge is -2.11. The minimum atomic E-state index is -4.51. The molecule has 2 nitrogen and oxygen atoms in total. The van der Waals surface area contributed by atoms with Gasteiger partial charge in [-0.25, -0.2) is 4.98 Å². The van der Waals surface area contributed by atoms with Crippen molar-refractivity contribution in [2.75, 3.05) is 0 Å². The Morgan fingerprint density at radius 2 is 1.80 bits per heavy atom. The number of hydrogen-bond acceptors (Lipinski definition) is 2. The van der Waals surface area contributed by atoms with Crippen molar-refractivity contribution in [3.63, 3.8) is 0 Å². The molecular formula is C12H5Br2ClF3NO. The highest BCUT2D eigenvalue weighted by Crippen LogP contribution is 2.35. The Bertz CT molecular complexity index is 649. The van der Waals surface area contributed by atoms with E-state index in [9.17, 15) is 13.2 Å². The average Bonchev–Trinajstić information content (AvgIpc) is 2.31. The van der Waals surface area contributed by atoms with E-state index in [0.29, 0.717) is 10.2 Å². The smallest absolute Gasteiger partial charge is 0.416 e. The maximum Gasteiger partial charge on any atom is 0.416 e. The van der Waals surface area contributed by atoms with Gasteiger partial charge >= 0.3 is 6.18 Å². The predicted molar refractivity (Wildman–Crippen MR) is 76.2 cm³/mol. The van der Waals surface area contributed by atoms with E-state index >= 15 is 0 Å². The number of hydrogen-bond donors (Lipinski definition) is 0. The van der Waals surface area contributed by atoms with E-state index in [4.69, 9.17) is 16.3 Å². The predicted octanol–water partition coefficient (Wildman–Crippen LogP) is 6.07. The number of pyridine rings is 1. The monoisotopic (exact) mass is 429 g/mol. The molecule has 106 valence electrons. The summed E-state index contributed by atoms with van der Waals surface area (Å²) in [4.78, 5) is 3.72. The van der Waals surface area contributed by atoms with Gasteiger partial charge in [0.15, 0.2) is 0 Å². The second kappa shape index (κ2) is 5.91. The van der Waals surface area contributed by atoms with Crippen molar-refractivity contribution in [1.29, 1.82) is 0 Å². The molecule has 0 aliphatic carbocycles. The van der Waals surface area contributed by atoms with Gasteiger partial charge in [-0.3, -0.25) is 0 Å². The molecule has 0 radical (unpaired) electrons. The Morgan fingerprint density at radius 1 is 1.10 bits per heavy atom. The maximum atomic E-state index is 12.7. The second-order valence-electron chi connectivity index (χ2n) is 3.69. The molecule has 8 heteroatoms. The number of halogens is 6. The van der Waals surface area contributed by atoms with Gasteiger partial charge in [0, 0.05) is 10.5 Å². The largest absolute Gasteiger partial charge is 0.438 e. The van der Waals surface area contributed by atoms with E-state index in [-0.39, 0.29) is 11.0 Å².